The fraction of sp³-hybridized carbons (Fsp3) is 0.409. The summed E-state index contributed by atoms with van der Waals surface area (Å²) in [5.74, 6) is 1.48. The minimum absolute atomic E-state index is 0.207. The molecule has 1 aromatic heterocycles. The molecule has 2 N–H and O–H groups in total. The van der Waals surface area contributed by atoms with Crippen LogP contribution in [0.15, 0.2) is 61.2 Å². The van der Waals surface area contributed by atoms with E-state index in [1.54, 1.807) is 23.2 Å². The van der Waals surface area contributed by atoms with Crippen molar-refractivity contribution >= 4 is 5.82 Å². The van der Waals surface area contributed by atoms with Crippen LogP contribution in [0.4, 0.5) is 19.0 Å². The van der Waals surface area contributed by atoms with E-state index in [9.17, 15) is 13.2 Å². The second-order valence-electron chi connectivity index (χ2n) is 7.51. The van der Waals surface area contributed by atoms with E-state index >= 15 is 0 Å². The molecule has 0 radical (unpaired) electrons. The van der Waals surface area contributed by atoms with Gasteiger partial charge >= 0.3 is 6.18 Å². The molecule has 1 fully saturated rings. The van der Waals surface area contributed by atoms with Crippen LogP contribution in [0.1, 0.15) is 30.9 Å². The van der Waals surface area contributed by atoms with E-state index in [1.165, 1.54) is 18.6 Å². The van der Waals surface area contributed by atoms with Crippen molar-refractivity contribution in [3.63, 3.8) is 0 Å². The van der Waals surface area contributed by atoms with Gasteiger partial charge in [-0.25, -0.2) is 4.98 Å². The summed E-state index contributed by atoms with van der Waals surface area (Å²) < 4.78 is 40.4. The van der Waals surface area contributed by atoms with Gasteiger partial charge in [-0.05, 0) is 56.5 Å². The quantitative estimate of drug-likeness (QED) is 0.604. The SMILES string of the molecule is C=C(Nc1cn(Cc2cccc(C(F)(F)F)c2)cn1)C(/C=C\C)CC1CCNC1. The number of aromatic nitrogens is 2. The van der Waals surface area contributed by atoms with E-state index in [4.69, 9.17) is 0 Å². The molecule has 2 heterocycles. The summed E-state index contributed by atoms with van der Waals surface area (Å²) in [5, 5.41) is 6.65. The van der Waals surface area contributed by atoms with Crippen LogP contribution in [0.3, 0.4) is 0 Å². The Morgan fingerprint density at radius 1 is 1.45 bits per heavy atom. The van der Waals surface area contributed by atoms with Gasteiger partial charge in [0.05, 0.1) is 11.9 Å². The Morgan fingerprint density at radius 3 is 2.97 bits per heavy atom. The maximum Gasteiger partial charge on any atom is 0.416 e. The highest BCUT2D eigenvalue weighted by molar-refractivity contribution is 5.40. The first kappa shape index (κ1) is 21.2. The van der Waals surface area contributed by atoms with Crippen LogP contribution in [0.5, 0.6) is 0 Å². The second kappa shape index (κ2) is 9.31. The number of hydrogen-bond acceptors (Lipinski definition) is 3. The van der Waals surface area contributed by atoms with E-state index in [0.29, 0.717) is 23.8 Å². The molecule has 1 aromatic carbocycles. The van der Waals surface area contributed by atoms with Crippen molar-refractivity contribution in [2.45, 2.75) is 32.5 Å². The molecule has 0 amide bonds. The van der Waals surface area contributed by atoms with Crippen molar-refractivity contribution in [2.24, 2.45) is 11.8 Å². The van der Waals surface area contributed by atoms with Crippen molar-refractivity contribution in [1.29, 1.82) is 0 Å². The molecule has 1 saturated heterocycles. The van der Waals surface area contributed by atoms with Gasteiger partial charge in [0.2, 0.25) is 0 Å². The lowest BCUT2D eigenvalue weighted by atomic mass is 9.91. The summed E-state index contributed by atoms with van der Waals surface area (Å²) in [6.07, 6.45) is 5.43. The lowest BCUT2D eigenvalue weighted by Gasteiger charge is -2.20. The maximum absolute atomic E-state index is 12.9. The van der Waals surface area contributed by atoms with E-state index in [1.807, 2.05) is 13.0 Å². The lowest BCUT2D eigenvalue weighted by Crippen LogP contribution is -2.16. The van der Waals surface area contributed by atoms with Crippen LogP contribution in [0, 0.1) is 11.8 Å². The maximum atomic E-state index is 12.9. The molecule has 0 aliphatic carbocycles. The number of allylic oxidation sites excluding steroid dienone is 2. The van der Waals surface area contributed by atoms with Gasteiger partial charge < -0.3 is 15.2 Å². The molecule has 3 rings (SSSR count). The molecule has 2 unspecified atom stereocenters. The van der Waals surface area contributed by atoms with Gasteiger partial charge in [0.25, 0.3) is 0 Å². The van der Waals surface area contributed by atoms with E-state index in [-0.39, 0.29) is 5.92 Å². The Labute approximate surface area is 169 Å². The number of imidazole rings is 1. The van der Waals surface area contributed by atoms with Crippen LogP contribution < -0.4 is 10.6 Å². The molecule has 29 heavy (non-hydrogen) atoms. The minimum atomic E-state index is -4.34. The molecule has 2 atom stereocenters. The number of hydrogen-bond donors (Lipinski definition) is 2. The molecule has 1 aliphatic rings. The average molecular weight is 404 g/mol. The highest BCUT2D eigenvalue weighted by Gasteiger charge is 2.30. The average Bonchev–Trinajstić information content (AvgIpc) is 3.33. The lowest BCUT2D eigenvalue weighted by molar-refractivity contribution is -0.137. The molecular formula is C22H27F3N4. The van der Waals surface area contributed by atoms with Crippen LogP contribution in [-0.2, 0) is 12.7 Å². The second-order valence-corrected chi connectivity index (χ2v) is 7.51. The first-order valence-electron chi connectivity index (χ1n) is 9.82. The highest BCUT2D eigenvalue weighted by Crippen LogP contribution is 2.30. The number of rotatable bonds is 8. The van der Waals surface area contributed by atoms with Crippen molar-refractivity contribution in [2.75, 3.05) is 18.4 Å². The molecule has 0 spiro atoms. The van der Waals surface area contributed by atoms with Gasteiger partial charge in [-0.1, -0.05) is 30.9 Å². The molecule has 2 aromatic rings. The van der Waals surface area contributed by atoms with Crippen molar-refractivity contribution < 1.29 is 13.2 Å². The normalized spacial score (nSPS) is 18.3. The third-order valence-electron chi connectivity index (χ3n) is 5.16. The van der Waals surface area contributed by atoms with Crippen LogP contribution in [-0.4, -0.2) is 22.6 Å². The Kier molecular flexibility index (Phi) is 6.79. The Balaban J connectivity index is 1.62. The Morgan fingerprint density at radius 2 is 2.28 bits per heavy atom. The molecule has 156 valence electrons. The molecule has 1 aliphatic heterocycles. The summed E-state index contributed by atoms with van der Waals surface area (Å²) in [6.45, 7) is 8.60. The van der Waals surface area contributed by atoms with Gasteiger partial charge in [-0.15, -0.1) is 0 Å². The number of halogens is 3. The standard InChI is InChI=1S/C22H27F3N4/c1-3-5-19(10-17-8-9-26-12-17)16(2)28-21-14-29(15-27-21)13-18-6-4-7-20(11-18)22(23,24)25/h3-7,11,14-15,17,19,26,28H,2,8-10,12-13H2,1H3/b5-3-. The van der Waals surface area contributed by atoms with Crippen molar-refractivity contribution in [1.82, 2.24) is 14.9 Å². The topological polar surface area (TPSA) is 41.9 Å². The van der Waals surface area contributed by atoms with Gasteiger partial charge in [-0.3, -0.25) is 0 Å². The third kappa shape index (κ3) is 5.97. The van der Waals surface area contributed by atoms with Crippen molar-refractivity contribution in [3.05, 3.63) is 72.3 Å². The summed E-state index contributed by atoms with van der Waals surface area (Å²) in [6, 6.07) is 5.36. The van der Waals surface area contributed by atoms with Crippen molar-refractivity contribution in [3.8, 4) is 0 Å². The van der Waals surface area contributed by atoms with Crippen LogP contribution >= 0.6 is 0 Å². The van der Waals surface area contributed by atoms with Gasteiger partial charge in [0.1, 0.15) is 5.82 Å². The smallest absolute Gasteiger partial charge is 0.343 e. The molecular weight excluding hydrogens is 377 g/mol. The largest absolute Gasteiger partial charge is 0.416 e. The molecule has 7 heteroatoms. The zero-order valence-corrected chi connectivity index (χ0v) is 16.5. The van der Waals surface area contributed by atoms with E-state index in [0.717, 1.165) is 31.3 Å². The van der Waals surface area contributed by atoms with Gasteiger partial charge in [0.15, 0.2) is 0 Å². The molecule has 0 saturated carbocycles. The minimum Gasteiger partial charge on any atom is -0.343 e. The number of anilines is 1. The first-order chi connectivity index (χ1) is 13.8. The van der Waals surface area contributed by atoms with Gasteiger partial charge in [-0.2, -0.15) is 13.2 Å². The summed E-state index contributed by atoms with van der Waals surface area (Å²) in [4.78, 5) is 4.33. The fourth-order valence-corrected chi connectivity index (χ4v) is 3.67. The Bertz CT molecular complexity index is 848. The summed E-state index contributed by atoms with van der Waals surface area (Å²) in [5.41, 5.74) is 0.805. The predicted molar refractivity (Wildman–Crippen MR) is 109 cm³/mol. The number of nitrogens with one attached hydrogen (secondary N) is 2. The summed E-state index contributed by atoms with van der Waals surface area (Å²) >= 11 is 0. The van der Waals surface area contributed by atoms with Gasteiger partial charge in [0, 0.05) is 24.4 Å². The predicted octanol–water partition coefficient (Wildman–Crippen LogP) is 5.07. The van der Waals surface area contributed by atoms with Crippen LogP contribution in [0.2, 0.25) is 0 Å². The first-order valence-corrected chi connectivity index (χ1v) is 9.82. The number of nitrogens with zero attached hydrogens (tertiary/aromatic N) is 2. The molecule has 0 bridgehead atoms. The fourth-order valence-electron chi connectivity index (χ4n) is 3.67. The Hall–Kier alpha value is -2.54. The van der Waals surface area contributed by atoms with E-state index < -0.39 is 11.7 Å². The molecule has 4 nitrogen and oxygen atoms in total. The number of benzene rings is 1. The van der Waals surface area contributed by atoms with Crippen LogP contribution in [0.25, 0.3) is 0 Å². The zero-order valence-electron chi connectivity index (χ0n) is 16.5. The third-order valence-corrected chi connectivity index (χ3v) is 5.16. The van der Waals surface area contributed by atoms with E-state index in [2.05, 4.69) is 28.3 Å². The monoisotopic (exact) mass is 404 g/mol. The zero-order chi connectivity index (χ0) is 20.9. The summed E-state index contributed by atoms with van der Waals surface area (Å²) in [7, 11) is 0. The highest BCUT2D eigenvalue weighted by atomic mass is 19.4. The number of alkyl halides is 3.